The van der Waals surface area contributed by atoms with Crippen LogP contribution in [0.4, 0.5) is 0 Å². The smallest absolute Gasteiger partial charge is 0.0786 e. The number of quaternary nitrogens is 2. The quantitative estimate of drug-likeness (QED) is 0.391. The van der Waals surface area contributed by atoms with Crippen molar-refractivity contribution in [3.8, 4) is 0 Å². The molecule has 0 atom stereocenters. The third kappa shape index (κ3) is 8.83. The first-order chi connectivity index (χ1) is 9.97. The number of rotatable bonds is 11. The normalized spacial score (nSPS) is 18.9. The standard InChI is InChI=1S/C19H42N2/c1-5-6-10-16-21(18-13-9-14-19-21)17-12-8-7-11-15-20(2,3)4/h5-19H2,1-4H3/q+2. The maximum atomic E-state index is 2.33. The molecule has 0 N–H and O–H groups in total. The molecule has 1 saturated heterocycles. The van der Waals surface area contributed by atoms with Crippen LogP contribution in [0, 0.1) is 0 Å². The second-order valence-corrected chi connectivity index (χ2v) is 8.43. The van der Waals surface area contributed by atoms with Crippen LogP contribution in [0.15, 0.2) is 0 Å². The molecule has 0 aromatic heterocycles. The van der Waals surface area contributed by atoms with Gasteiger partial charge in [0.1, 0.15) is 0 Å². The zero-order valence-electron chi connectivity index (χ0n) is 15.5. The SMILES string of the molecule is CCCCC[N+]1(CCCCCC[N+](C)(C)C)CCCCC1. The molecule has 0 radical (unpaired) electrons. The highest BCUT2D eigenvalue weighted by atomic mass is 15.3. The molecule has 0 aromatic rings. The molecule has 0 amide bonds. The molecule has 1 fully saturated rings. The molecule has 1 aliphatic heterocycles. The maximum absolute atomic E-state index is 2.33. The molecular formula is C19H42N2+2. The average Bonchev–Trinajstić information content (AvgIpc) is 2.43. The van der Waals surface area contributed by atoms with Crippen LogP contribution in [0.3, 0.4) is 0 Å². The van der Waals surface area contributed by atoms with Gasteiger partial charge in [0.15, 0.2) is 0 Å². The van der Waals surface area contributed by atoms with E-state index in [9.17, 15) is 0 Å². The summed E-state index contributed by atoms with van der Waals surface area (Å²) in [5.41, 5.74) is 0. The minimum Gasteiger partial charge on any atom is -0.331 e. The van der Waals surface area contributed by atoms with E-state index in [1.54, 1.807) is 0 Å². The second kappa shape index (κ2) is 9.84. The van der Waals surface area contributed by atoms with Crippen molar-refractivity contribution >= 4 is 0 Å². The second-order valence-electron chi connectivity index (χ2n) is 8.43. The Labute approximate surface area is 134 Å². The first-order valence-electron chi connectivity index (χ1n) is 9.63. The van der Waals surface area contributed by atoms with Crippen LogP contribution in [0.2, 0.25) is 0 Å². The molecule has 0 unspecified atom stereocenters. The van der Waals surface area contributed by atoms with Gasteiger partial charge in [-0.2, -0.15) is 0 Å². The van der Waals surface area contributed by atoms with Crippen molar-refractivity contribution in [2.45, 2.75) is 71.1 Å². The van der Waals surface area contributed by atoms with Gasteiger partial charge in [-0.05, 0) is 57.8 Å². The summed E-state index contributed by atoms with van der Waals surface area (Å²) in [6.45, 7) is 9.54. The van der Waals surface area contributed by atoms with Crippen LogP contribution < -0.4 is 0 Å². The third-order valence-corrected chi connectivity index (χ3v) is 5.21. The molecule has 0 aromatic carbocycles. The predicted octanol–water partition coefficient (Wildman–Crippen LogP) is 4.44. The number of piperidine rings is 1. The minimum absolute atomic E-state index is 1.12. The van der Waals surface area contributed by atoms with Crippen LogP contribution in [-0.2, 0) is 0 Å². The van der Waals surface area contributed by atoms with Gasteiger partial charge in [0.05, 0.1) is 53.9 Å². The Bertz CT molecular complexity index is 249. The fourth-order valence-electron chi connectivity index (χ4n) is 3.83. The van der Waals surface area contributed by atoms with E-state index in [1.807, 2.05) is 0 Å². The van der Waals surface area contributed by atoms with Gasteiger partial charge in [-0.3, -0.25) is 0 Å². The molecule has 21 heavy (non-hydrogen) atoms. The van der Waals surface area contributed by atoms with E-state index in [-0.39, 0.29) is 0 Å². The molecule has 1 heterocycles. The molecule has 0 saturated carbocycles. The zero-order chi connectivity index (χ0) is 15.6. The summed E-state index contributed by atoms with van der Waals surface area (Å²) < 4.78 is 2.59. The van der Waals surface area contributed by atoms with Crippen molar-refractivity contribution in [1.82, 2.24) is 0 Å². The highest BCUT2D eigenvalue weighted by Gasteiger charge is 2.28. The highest BCUT2D eigenvalue weighted by Crippen LogP contribution is 2.22. The predicted molar refractivity (Wildman–Crippen MR) is 94.5 cm³/mol. The summed E-state index contributed by atoms with van der Waals surface area (Å²) in [6.07, 6.45) is 14.5. The van der Waals surface area contributed by atoms with Crippen LogP contribution in [0.1, 0.15) is 71.1 Å². The van der Waals surface area contributed by atoms with Gasteiger partial charge >= 0.3 is 0 Å². The van der Waals surface area contributed by atoms with E-state index in [2.05, 4.69) is 28.1 Å². The van der Waals surface area contributed by atoms with Crippen molar-refractivity contribution in [3.05, 3.63) is 0 Å². The summed E-state index contributed by atoms with van der Waals surface area (Å²) in [5.74, 6) is 0. The Kier molecular flexibility index (Phi) is 8.89. The molecule has 1 rings (SSSR count). The molecule has 126 valence electrons. The molecule has 1 aliphatic rings. The summed E-state index contributed by atoms with van der Waals surface area (Å²) in [6, 6.07) is 0. The van der Waals surface area contributed by atoms with E-state index >= 15 is 0 Å². The van der Waals surface area contributed by atoms with Crippen LogP contribution in [-0.4, -0.2) is 62.8 Å². The molecule has 0 aliphatic carbocycles. The maximum Gasteiger partial charge on any atom is 0.0786 e. The fraction of sp³-hybridized carbons (Fsp3) is 1.00. The first-order valence-corrected chi connectivity index (χ1v) is 9.63. The van der Waals surface area contributed by atoms with E-state index < -0.39 is 0 Å². The number of nitrogens with zero attached hydrogens (tertiary/aromatic N) is 2. The Morgan fingerprint density at radius 3 is 1.86 bits per heavy atom. The van der Waals surface area contributed by atoms with E-state index in [1.165, 1.54) is 101 Å². The van der Waals surface area contributed by atoms with Gasteiger partial charge in [-0.1, -0.05) is 13.3 Å². The number of unbranched alkanes of at least 4 members (excludes halogenated alkanes) is 5. The van der Waals surface area contributed by atoms with Gasteiger partial charge in [0.25, 0.3) is 0 Å². The molecule has 2 heteroatoms. The molecule has 0 spiro atoms. The Hall–Kier alpha value is -0.0800. The van der Waals surface area contributed by atoms with Crippen molar-refractivity contribution in [1.29, 1.82) is 0 Å². The summed E-state index contributed by atoms with van der Waals surface area (Å²) in [5, 5.41) is 0. The van der Waals surface area contributed by atoms with Crippen molar-refractivity contribution < 1.29 is 8.97 Å². The third-order valence-electron chi connectivity index (χ3n) is 5.21. The molecule has 0 bridgehead atoms. The lowest BCUT2D eigenvalue weighted by Crippen LogP contribution is -2.52. The van der Waals surface area contributed by atoms with Crippen LogP contribution >= 0.6 is 0 Å². The van der Waals surface area contributed by atoms with Gasteiger partial charge in [-0.15, -0.1) is 0 Å². The van der Waals surface area contributed by atoms with Crippen molar-refractivity contribution in [2.75, 3.05) is 53.9 Å². The van der Waals surface area contributed by atoms with Crippen LogP contribution in [0.25, 0.3) is 0 Å². The summed E-state index contributed by atoms with van der Waals surface area (Å²) >= 11 is 0. The largest absolute Gasteiger partial charge is 0.331 e. The van der Waals surface area contributed by atoms with E-state index in [4.69, 9.17) is 0 Å². The van der Waals surface area contributed by atoms with Gasteiger partial charge in [0, 0.05) is 0 Å². The van der Waals surface area contributed by atoms with Crippen molar-refractivity contribution in [3.63, 3.8) is 0 Å². The fourth-order valence-corrected chi connectivity index (χ4v) is 3.83. The van der Waals surface area contributed by atoms with Gasteiger partial charge in [0.2, 0.25) is 0 Å². The van der Waals surface area contributed by atoms with Crippen molar-refractivity contribution in [2.24, 2.45) is 0 Å². The summed E-state index contributed by atoms with van der Waals surface area (Å²) in [7, 11) is 6.92. The van der Waals surface area contributed by atoms with Gasteiger partial charge < -0.3 is 8.97 Å². The monoisotopic (exact) mass is 298 g/mol. The zero-order valence-corrected chi connectivity index (χ0v) is 15.5. The molecule has 2 nitrogen and oxygen atoms in total. The lowest BCUT2D eigenvalue weighted by Gasteiger charge is -2.42. The van der Waals surface area contributed by atoms with E-state index in [0.717, 1.165) is 4.48 Å². The molecular weight excluding hydrogens is 256 g/mol. The van der Waals surface area contributed by atoms with E-state index in [0.29, 0.717) is 0 Å². The number of hydrogen-bond donors (Lipinski definition) is 0. The first kappa shape index (κ1) is 19.0. The topological polar surface area (TPSA) is 0 Å². The minimum atomic E-state index is 1.12. The van der Waals surface area contributed by atoms with Gasteiger partial charge in [-0.25, -0.2) is 0 Å². The highest BCUT2D eigenvalue weighted by molar-refractivity contribution is 4.56. The number of hydrogen-bond acceptors (Lipinski definition) is 0. The lowest BCUT2D eigenvalue weighted by atomic mass is 10.0. The average molecular weight is 299 g/mol. The number of likely N-dealkylation sites (tertiary alicyclic amines) is 1. The Balaban J connectivity index is 2.20. The summed E-state index contributed by atoms with van der Waals surface area (Å²) in [4.78, 5) is 0. The lowest BCUT2D eigenvalue weighted by molar-refractivity contribution is -0.932. The Morgan fingerprint density at radius 2 is 1.29 bits per heavy atom. The Morgan fingerprint density at radius 1 is 0.714 bits per heavy atom. The van der Waals surface area contributed by atoms with Crippen LogP contribution in [0.5, 0.6) is 0 Å².